The molecule has 0 bridgehead atoms. The highest BCUT2D eigenvalue weighted by atomic mass is 16.5. The first kappa shape index (κ1) is 19.2. The summed E-state index contributed by atoms with van der Waals surface area (Å²) >= 11 is 0. The van der Waals surface area contributed by atoms with E-state index in [1.54, 1.807) is 0 Å². The van der Waals surface area contributed by atoms with Crippen molar-refractivity contribution in [3.05, 3.63) is 24.8 Å². The summed E-state index contributed by atoms with van der Waals surface area (Å²) in [5, 5.41) is 0. The summed E-state index contributed by atoms with van der Waals surface area (Å²) in [5.41, 5.74) is 0. The number of hydrogen-bond donors (Lipinski definition) is 0. The molecule has 1 saturated heterocycles. The normalized spacial score (nSPS) is 40.2. The fourth-order valence-corrected chi connectivity index (χ4v) is 5.50. The molecule has 3 aliphatic rings. The van der Waals surface area contributed by atoms with E-state index in [2.05, 4.69) is 31.7 Å². The molecule has 3 rings (SSSR count). The van der Waals surface area contributed by atoms with Crippen LogP contribution in [0.4, 0.5) is 0 Å². The van der Waals surface area contributed by atoms with Gasteiger partial charge < -0.3 is 4.74 Å². The Morgan fingerprint density at radius 3 is 1.84 bits per heavy atom. The Bertz CT molecular complexity index is 402. The molecule has 142 valence electrons. The Morgan fingerprint density at radius 1 is 0.760 bits per heavy atom. The van der Waals surface area contributed by atoms with Gasteiger partial charge in [-0.15, -0.1) is 6.58 Å². The van der Waals surface area contributed by atoms with Gasteiger partial charge in [0.25, 0.3) is 0 Å². The number of allylic oxidation sites excluding steroid dienone is 2. The molecule has 2 unspecified atom stereocenters. The van der Waals surface area contributed by atoms with E-state index >= 15 is 0 Å². The third-order valence-corrected chi connectivity index (χ3v) is 7.30. The fraction of sp³-hybridized carbons (Fsp3) is 0.833. The van der Waals surface area contributed by atoms with Crippen LogP contribution in [0.3, 0.4) is 0 Å². The second-order valence-electron chi connectivity index (χ2n) is 9.05. The summed E-state index contributed by atoms with van der Waals surface area (Å²) in [6.07, 6.45) is 24.4. The molecule has 1 nitrogen and oxygen atoms in total. The molecule has 0 N–H and O–H groups in total. The second kappa shape index (κ2) is 9.95. The highest BCUT2D eigenvalue weighted by molar-refractivity contribution is 4.97. The molecule has 2 aliphatic carbocycles. The third-order valence-electron chi connectivity index (χ3n) is 7.30. The van der Waals surface area contributed by atoms with Crippen molar-refractivity contribution >= 4 is 0 Å². The Labute approximate surface area is 156 Å². The lowest BCUT2D eigenvalue weighted by Gasteiger charge is -2.37. The number of ether oxygens (including phenoxy) is 1. The maximum Gasteiger partial charge on any atom is 0.0575 e. The van der Waals surface area contributed by atoms with Gasteiger partial charge in [-0.1, -0.05) is 31.6 Å². The predicted octanol–water partition coefficient (Wildman–Crippen LogP) is 6.94. The Kier molecular flexibility index (Phi) is 7.65. The average molecular weight is 345 g/mol. The first-order valence-corrected chi connectivity index (χ1v) is 11.2. The Hall–Kier alpha value is -0.560. The quantitative estimate of drug-likeness (QED) is 0.474. The minimum atomic E-state index is 0.543. The van der Waals surface area contributed by atoms with Crippen LogP contribution in [-0.4, -0.2) is 12.7 Å². The smallest absolute Gasteiger partial charge is 0.0575 e. The molecule has 2 saturated carbocycles. The van der Waals surface area contributed by atoms with E-state index in [0.717, 1.165) is 30.3 Å². The van der Waals surface area contributed by atoms with Crippen LogP contribution >= 0.6 is 0 Å². The van der Waals surface area contributed by atoms with E-state index in [1.165, 1.54) is 77.0 Å². The van der Waals surface area contributed by atoms with E-state index < -0.39 is 0 Å². The van der Waals surface area contributed by atoms with E-state index in [9.17, 15) is 0 Å². The van der Waals surface area contributed by atoms with Crippen molar-refractivity contribution in [3.8, 4) is 0 Å². The van der Waals surface area contributed by atoms with Crippen molar-refractivity contribution in [2.24, 2.45) is 29.6 Å². The molecule has 0 aromatic carbocycles. The summed E-state index contributed by atoms with van der Waals surface area (Å²) in [6, 6.07) is 0. The van der Waals surface area contributed by atoms with E-state index in [4.69, 9.17) is 4.74 Å². The largest absolute Gasteiger partial charge is 0.378 e. The number of hydrogen-bond acceptors (Lipinski definition) is 1. The Balaban J connectivity index is 1.35. The summed E-state index contributed by atoms with van der Waals surface area (Å²) in [6.45, 7) is 7.21. The molecule has 25 heavy (non-hydrogen) atoms. The van der Waals surface area contributed by atoms with E-state index in [0.29, 0.717) is 12.0 Å². The van der Waals surface area contributed by atoms with Crippen LogP contribution in [-0.2, 0) is 4.74 Å². The van der Waals surface area contributed by atoms with Crippen LogP contribution in [0.25, 0.3) is 0 Å². The van der Waals surface area contributed by atoms with Crippen molar-refractivity contribution in [1.29, 1.82) is 0 Å². The molecular weight excluding hydrogens is 304 g/mol. The molecule has 1 heterocycles. The lowest BCUT2D eigenvalue weighted by Crippen LogP contribution is -2.26. The van der Waals surface area contributed by atoms with Crippen molar-refractivity contribution < 1.29 is 4.74 Å². The van der Waals surface area contributed by atoms with Gasteiger partial charge in [-0.25, -0.2) is 0 Å². The van der Waals surface area contributed by atoms with Gasteiger partial charge >= 0.3 is 0 Å². The molecule has 2 atom stereocenters. The fourth-order valence-electron chi connectivity index (χ4n) is 5.50. The molecule has 3 fully saturated rings. The molecule has 1 heteroatoms. The first-order chi connectivity index (χ1) is 12.3. The highest BCUT2D eigenvalue weighted by Crippen LogP contribution is 2.41. The van der Waals surface area contributed by atoms with Gasteiger partial charge in [-0.2, -0.15) is 0 Å². The van der Waals surface area contributed by atoms with Gasteiger partial charge in [-0.05, 0) is 94.3 Å². The van der Waals surface area contributed by atoms with Gasteiger partial charge in [0.1, 0.15) is 0 Å². The minimum absolute atomic E-state index is 0.543. The van der Waals surface area contributed by atoms with Crippen molar-refractivity contribution in [3.63, 3.8) is 0 Å². The van der Waals surface area contributed by atoms with Gasteiger partial charge in [0.2, 0.25) is 0 Å². The molecule has 0 aromatic rings. The van der Waals surface area contributed by atoms with Gasteiger partial charge in [0, 0.05) is 5.92 Å². The Morgan fingerprint density at radius 2 is 1.32 bits per heavy atom. The molecular formula is C24H40O. The monoisotopic (exact) mass is 344 g/mol. The average Bonchev–Trinajstić information content (AvgIpc) is 2.68. The second-order valence-corrected chi connectivity index (χ2v) is 9.05. The van der Waals surface area contributed by atoms with Crippen molar-refractivity contribution in [2.45, 2.75) is 90.1 Å². The van der Waals surface area contributed by atoms with Gasteiger partial charge in [-0.3, -0.25) is 0 Å². The summed E-state index contributed by atoms with van der Waals surface area (Å²) in [7, 11) is 0. The number of rotatable bonds is 6. The standard InChI is InChI=1S/C24H40O/c1-3-5-24-17-12-21(18-25-24)7-6-20-10-15-23(16-11-20)22-13-8-19(4-2)9-14-22/h4,6-7,19-24H,2-3,5,8-18H2,1H3/b7-6+. The topological polar surface area (TPSA) is 9.23 Å². The van der Waals surface area contributed by atoms with Crippen LogP contribution in [0.1, 0.15) is 84.0 Å². The van der Waals surface area contributed by atoms with Crippen molar-refractivity contribution in [2.75, 3.05) is 6.61 Å². The maximum absolute atomic E-state index is 6.03. The maximum atomic E-state index is 6.03. The van der Waals surface area contributed by atoms with Crippen LogP contribution in [0.2, 0.25) is 0 Å². The highest BCUT2D eigenvalue weighted by Gasteiger charge is 2.29. The molecule has 0 aromatic heterocycles. The molecule has 0 amide bonds. The molecule has 1 aliphatic heterocycles. The lowest BCUT2D eigenvalue weighted by molar-refractivity contribution is -0.00854. The van der Waals surface area contributed by atoms with Crippen molar-refractivity contribution in [1.82, 2.24) is 0 Å². The summed E-state index contributed by atoms with van der Waals surface area (Å²) in [5.74, 6) is 4.37. The third kappa shape index (κ3) is 5.71. The summed E-state index contributed by atoms with van der Waals surface area (Å²) in [4.78, 5) is 0. The zero-order valence-corrected chi connectivity index (χ0v) is 16.5. The SMILES string of the molecule is C=CC1CCC(C2CCC(/C=C/C3CCC(CCC)OC3)CC2)CC1. The van der Waals surface area contributed by atoms with Crippen LogP contribution in [0.15, 0.2) is 24.8 Å². The van der Waals surface area contributed by atoms with Crippen LogP contribution in [0.5, 0.6) is 0 Å². The predicted molar refractivity (Wildman–Crippen MR) is 108 cm³/mol. The lowest BCUT2D eigenvalue weighted by atomic mass is 9.69. The van der Waals surface area contributed by atoms with E-state index in [1.807, 2.05) is 0 Å². The van der Waals surface area contributed by atoms with Crippen LogP contribution < -0.4 is 0 Å². The van der Waals surface area contributed by atoms with Gasteiger partial charge in [0.05, 0.1) is 12.7 Å². The van der Waals surface area contributed by atoms with Crippen LogP contribution in [0, 0.1) is 29.6 Å². The summed E-state index contributed by atoms with van der Waals surface area (Å²) < 4.78 is 6.03. The zero-order chi connectivity index (χ0) is 17.5. The zero-order valence-electron chi connectivity index (χ0n) is 16.5. The molecule has 0 spiro atoms. The van der Waals surface area contributed by atoms with E-state index in [-0.39, 0.29) is 0 Å². The minimum Gasteiger partial charge on any atom is -0.378 e. The molecule has 0 radical (unpaired) electrons. The first-order valence-electron chi connectivity index (χ1n) is 11.2. The van der Waals surface area contributed by atoms with Gasteiger partial charge in [0.15, 0.2) is 0 Å².